The zero-order valence-electron chi connectivity index (χ0n) is 12.2. The third-order valence-corrected chi connectivity index (χ3v) is 4.92. The molecule has 0 aliphatic carbocycles. The number of carbonyl (C=O) groups is 2. The van der Waals surface area contributed by atoms with Crippen molar-refractivity contribution >= 4 is 21.9 Å². The van der Waals surface area contributed by atoms with Gasteiger partial charge in [-0.2, -0.15) is 0 Å². The molecule has 0 saturated carbocycles. The van der Waals surface area contributed by atoms with Gasteiger partial charge in [0.15, 0.2) is 5.75 Å². The summed E-state index contributed by atoms with van der Waals surface area (Å²) in [6, 6.07) is 0. The number of esters is 1. The van der Waals surface area contributed by atoms with E-state index >= 15 is 0 Å². The van der Waals surface area contributed by atoms with Crippen LogP contribution in [0, 0.1) is 5.92 Å². The van der Waals surface area contributed by atoms with E-state index < -0.39 is 27.7 Å². The van der Waals surface area contributed by atoms with E-state index in [1.807, 2.05) is 0 Å². The highest BCUT2D eigenvalue weighted by Gasteiger charge is 2.33. The highest BCUT2D eigenvalue weighted by Crippen LogP contribution is 2.19. The lowest BCUT2D eigenvalue weighted by Gasteiger charge is -2.30. The van der Waals surface area contributed by atoms with Gasteiger partial charge in [0.25, 0.3) is 0 Å². The fraction of sp³-hybridized carbons (Fsp3) is 0.833. The Morgan fingerprint density at radius 3 is 2.76 bits per heavy atom. The van der Waals surface area contributed by atoms with Crippen LogP contribution in [0.5, 0.6) is 0 Å². The Kier molecular flexibility index (Phi) is 7.06. The zero-order valence-corrected chi connectivity index (χ0v) is 13.0. The molecule has 1 atom stereocenters. The van der Waals surface area contributed by atoms with E-state index in [-0.39, 0.29) is 19.1 Å². The van der Waals surface area contributed by atoms with Gasteiger partial charge in [0.2, 0.25) is 15.9 Å². The minimum absolute atomic E-state index is 0.0954. The van der Waals surface area contributed by atoms with Crippen molar-refractivity contribution in [1.29, 1.82) is 0 Å². The van der Waals surface area contributed by atoms with Crippen LogP contribution in [-0.2, 0) is 24.3 Å². The highest BCUT2D eigenvalue weighted by molar-refractivity contribution is 7.89. The fourth-order valence-corrected chi connectivity index (χ4v) is 3.57. The van der Waals surface area contributed by atoms with Gasteiger partial charge >= 0.3 is 5.97 Å². The summed E-state index contributed by atoms with van der Waals surface area (Å²) in [7, 11) is -3.74. The molecule has 21 heavy (non-hydrogen) atoms. The maximum absolute atomic E-state index is 12.1. The van der Waals surface area contributed by atoms with E-state index in [0.29, 0.717) is 32.5 Å². The van der Waals surface area contributed by atoms with Gasteiger partial charge in [-0.3, -0.25) is 9.59 Å². The second-order valence-electron chi connectivity index (χ2n) is 4.84. The average molecular weight is 321 g/mol. The topological polar surface area (TPSA) is 119 Å². The number of nitrogens with one attached hydrogen (secondary N) is 1. The number of nitrogens with zero attached hydrogens (tertiary/aromatic N) is 1. The number of ether oxygens (including phenoxy) is 1. The van der Waals surface area contributed by atoms with Crippen molar-refractivity contribution in [2.24, 2.45) is 11.7 Å². The van der Waals surface area contributed by atoms with Gasteiger partial charge in [0, 0.05) is 26.2 Å². The number of amides is 1. The van der Waals surface area contributed by atoms with Gasteiger partial charge in [-0.15, -0.1) is 0 Å². The molecule has 0 bridgehead atoms. The van der Waals surface area contributed by atoms with Crippen LogP contribution < -0.4 is 11.1 Å². The number of sulfonamides is 1. The minimum atomic E-state index is -3.74. The zero-order chi connectivity index (χ0) is 15.9. The van der Waals surface area contributed by atoms with E-state index in [1.165, 1.54) is 4.31 Å². The van der Waals surface area contributed by atoms with Crippen molar-refractivity contribution in [2.45, 2.75) is 19.8 Å². The lowest BCUT2D eigenvalue weighted by atomic mass is 9.99. The lowest BCUT2D eigenvalue weighted by Crippen LogP contribution is -2.47. The predicted molar refractivity (Wildman–Crippen MR) is 76.8 cm³/mol. The average Bonchev–Trinajstić information content (AvgIpc) is 2.44. The Bertz CT molecular complexity index is 466. The smallest absolute Gasteiger partial charge is 0.322 e. The molecule has 0 aromatic rings. The van der Waals surface area contributed by atoms with E-state index in [4.69, 9.17) is 5.73 Å². The number of nitrogens with two attached hydrogens (primary N) is 1. The molecule has 9 heteroatoms. The molecule has 8 nitrogen and oxygen atoms in total. The van der Waals surface area contributed by atoms with Crippen LogP contribution in [-0.4, -0.2) is 63.1 Å². The summed E-state index contributed by atoms with van der Waals surface area (Å²) in [5.74, 6) is -2.05. The summed E-state index contributed by atoms with van der Waals surface area (Å²) in [5.41, 5.74) is 5.31. The highest BCUT2D eigenvalue weighted by atomic mass is 32.2. The van der Waals surface area contributed by atoms with Gasteiger partial charge in [0.1, 0.15) is 0 Å². The molecule has 122 valence electrons. The predicted octanol–water partition coefficient (Wildman–Crippen LogP) is -1.33. The van der Waals surface area contributed by atoms with Crippen LogP contribution in [0.25, 0.3) is 0 Å². The minimum Gasteiger partial charge on any atom is -0.465 e. The molecule has 1 saturated heterocycles. The summed E-state index contributed by atoms with van der Waals surface area (Å²) >= 11 is 0. The Hall–Kier alpha value is -1.19. The van der Waals surface area contributed by atoms with Crippen molar-refractivity contribution < 1.29 is 22.7 Å². The number of piperidine rings is 1. The third-order valence-electron chi connectivity index (χ3n) is 3.20. The molecular formula is C12H23N3O5S. The maximum atomic E-state index is 12.1. The largest absolute Gasteiger partial charge is 0.465 e. The van der Waals surface area contributed by atoms with Crippen molar-refractivity contribution in [2.75, 3.05) is 38.5 Å². The SMILES string of the molecule is CCOC(=O)CS(=O)(=O)N1CCCC(C(=O)NCCN)C1. The Balaban J connectivity index is 2.62. The van der Waals surface area contributed by atoms with Gasteiger partial charge in [0.05, 0.1) is 12.5 Å². The quantitative estimate of drug-likeness (QED) is 0.561. The monoisotopic (exact) mass is 321 g/mol. The van der Waals surface area contributed by atoms with Crippen LogP contribution in [0.2, 0.25) is 0 Å². The Labute approximate surface area is 125 Å². The molecule has 1 heterocycles. The summed E-state index contributed by atoms with van der Waals surface area (Å²) < 4.78 is 30.1. The van der Waals surface area contributed by atoms with Crippen LogP contribution in [0.3, 0.4) is 0 Å². The molecule has 1 amide bonds. The normalized spacial score (nSPS) is 20.0. The van der Waals surface area contributed by atoms with Crippen molar-refractivity contribution in [3.8, 4) is 0 Å². The van der Waals surface area contributed by atoms with Crippen LogP contribution in [0.15, 0.2) is 0 Å². The molecule has 1 unspecified atom stereocenters. The second-order valence-corrected chi connectivity index (χ2v) is 6.81. The summed E-state index contributed by atoms with van der Waals surface area (Å²) in [6.45, 7) is 2.87. The molecule has 0 spiro atoms. The first kappa shape index (κ1) is 17.9. The molecule has 0 aromatic heterocycles. The number of rotatable bonds is 7. The first-order valence-electron chi connectivity index (χ1n) is 7.02. The summed E-state index contributed by atoms with van der Waals surface area (Å²) in [5, 5.41) is 2.66. The maximum Gasteiger partial charge on any atom is 0.322 e. The Morgan fingerprint density at radius 2 is 2.14 bits per heavy atom. The number of hydrogen-bond donors (Lipinski definition) is 2. The van der Waals surface area contributed by atoms with E-state index in [0.717, 1.165) is 0 Å². The van der Waals surface area contributed by atoms with Gasteiger partial charge in [-0.25, -0.2) is 12.7 Å². The molecule has 0 aromatic carbocycles. The molecule has 1 aliphatic heterocycles. The van der Waals surface area contributed by atoms with Crippen LogP contribution in [0.4, 0.5) is 0 Å². The van der Waals surface area contributed by atoms with Crippen LogP contribution >= 0.6 is 0 Å². The van der Waals surface area contributed by atoms with Crippen molar-refractivity contribution in [1.82, 2.24) is 9.62 Å². The van der Waals surface area contributed by atoms with E-state index in [2.05, 4.69) is 10.1 Å². The first-order chi connectivity index (χ1) is 9.90. The molecule has 0 radical (unpaired) electrons. The second kappa shape index (κ2) is 8.30. The Morgan fingerprint density at radius 1 is 1.43 bits per heavy atom. The molecule has 3 N–H and O–H groups in total. The van der Waals surface area contributed by atoms with E-state index in [1.54, 1.807) is 6.92 Å². The van der Waals surface area contributed by atoms with Gasteiger partial charge < -0.3 is 15.8 Å². The molecule has 1 rings (SSSR count). The van der Waals surface area contributed by atoms with E-state index in [9.17, 15) is 18.0 Å². The molecular weight excluding hydrogens is 298 g/mol. The molecule has 1 fully saturated rings. The third kappa shape index (κ3) is 5.60. The fourth-order valence-electron chi connectivity index (χ4n) is 2.19. The number of carbonyl (C=O) groups excluding carboxylic acids is 2. The van der Waals surface area contributed by atoms with Crippen molar-refractivity contribution in [3.05, 3.63) is 0 Å². The standard InChI is InChI=1S/C12H23N3O5S/c1-2-20-11(16)9-21(18,19)15-7-3-4-10(8-15)12(17)14-6-5-13/h10H,2-9,13H2,1H3,(H,14,17). The summed E-state index contributed by atoms with van der Waals surface area (Å²) in [6.07, 6.45) is 1.21. The van der Waals surface area contributed by atoms with Crippen molar-refractivity contribution in [3.63, 3.8) is 0 Å². The van der Waals surface area contributed by atoms with Gasteiger partial charge in [-0.05, 0) is 19.8 Å². The lowest BCUT2D eigenvalue weighted by molar-refractivity contribution is -0.140. The van der Waals surface area contributed by atoms with Crippen LogP contribution in [0.1, 0.15) is 19.8 Å². The molecule has 1 aliphatic rings. The van der Waals surface area contributed by atoms with Gasteiger partial charge in [-0.1, -0.05) is 0 Å². The number of hydrogen-bond acceptors (Lipinski definition) is 6. The first-order valence-corrected chi connectivity index (χ1v) is 8.62. The summed E-state index contributed by atoms with van der Waals surface area (Å²) in [4.78, 5) is 23.2.